The van der Waals surface area contributed by atoms with Crippen LogP contribution in [0, 0.1) is 13.8 Å². The van der Waals surface area contributed by atoms with Gasteiger partial charge in [-0.25, -0.2) is 0 Å². The Bertz CT molecular complexity index is 1290. The molecule has 5 aromatic carbocycles. The molecule has 0 amide bonds. The Morgan fingerprint density at radius 1 is 0.364 bits per heavy atom. The van der Waals surface area contributed by atoms with Gasteiger partial charge in [0.05, 0.1) is 0 Å². The van der Waals surface area contributed by atoms with Crippen LogP contribution in [0.3, 0.4) is 0 Å². The SMILES string of the molecule is Cc1ccc(N(c2ccc(C)cc2)c2cccc(-c3ccc(-c4ccccc4)cc3)c2)cc1. The zero-order valence-corrected chi connectivity index (χ0v) is 19.1. The van der Waals surface area contributed by atoms with Crippen molar-refractivity contribution < 1.29 is 0 Å². The van der Waals surface area contributed by atoms with Crippen molar-refractivity contribution in [3.8, 4) is 22.3 Å². The number of aryl methyl sites for hydroxylation is 2. The van der Waals surface area contributed by atoms with E-state index in [4.69, 9.17) is 0 Å². The van der Waals surface area contributed by atoms with Crippen LogP contribution in [-0.2, 0) is 0 Å². The van der Waals surface area contributed by atoms with Crippen LogP contribution in [0.1, 0.15) is 11.1 Å². The van der Waals surface area contributed by atoms with Crippen LogP contribution in [-0.4, -0.2) is 0 Å². The van der Waals surface area contributed by atoms with Gasteiger partial charge in [0, 0.05) is 17.1 Å². The minimum Gasteiger partial charge on any atom is -0.310 e. The van der Waals surface area contributed by atoms with Crippen LogP contribution in [0.25, 0.3) is 22.3 Å². The summed E-state index contributed by atoms with van der Waals surface area (Å²) in [4.78, 5) is 2.32. The van der Waals surface area contributed by atoms with Gasteiger partial charge in [0.1, 0.15) is 0 Å². The topological polar surface area (TPSA) is 3.24 Å². The third kappa shape index (κ3) is 4.58. The summed E-state index contributed by atoms with van der Waals surface area (Å²) in [5.74, 6) is 0. The lowest BCUT2D eigenvalue weighted by molar-refractivity contribution is 1.27. The first kappa shape index (κ1) is 20.8. The summed E-state index contributed by atoms with van der Waals surface area (Å²) in [5.41, 5.74) is 10.9. The molecule has 0 radical (unpaired) electrons. The Morgan fingerprint density at radius 2 is 0.818 bits per heavy atom. The van der Waals surface area contributed by atoms with E-state index < -0.39 is 0 Å². The molecule has 0 fully saturated rings. The quantitative estimate of drug-likeness (QED) is 0.271. The van der Waals surface area contributed by atoms with E-state index in [9.17, 15) is 0 Å². The Balaban J connectivity index is 1.54. The van der Waals surface area contributed by atoms with E-state index >= 15 is 0 Å². The second kappa shape index (κ2) is 9.18. The number of nitrogens with zero attached hydrogens (tertiary/aromatic N) is 1. The highest BCUT2D eigenvalue weighted by atomic mass is 15.1. The van der Waals surface area contributed by atoms with Crippen LogP contribution in [0.15, 0.2) is 127 Å². The van der Waals surface area contributed by atoms with Gasteiger partial charge in [0.15, 0.2) is 0 Å². The van der Waals surface area contributed by atoms with E-state index in [0.717, 1.165) is 17.1 Å². The first-order chi connectivity index (χ1) is 16.2. The molecule has 5 rings (SSSR count). The average molecular weight is 426 g/mol. The molecule has 1 nitrogen and oxygen atoms in total. The molecule has 0 atom stereocenters. The molecule has 0 N–H and O–H groups in total. The summed E-state index contributed by atoms with van der Waals surface area (Å²) in [5, 5.41) is 0. The predicted molar refractivity (Wildman–Crippen MR) is 141 cm³/mol. The Kier molecular flexibility index (Phi) is 5.78. The fourth-order valence-electron chi connectivity index (χ4n) is 4.15. The first-order valence-corrected chi connectivity index (χ1v) is 11.4. The lowest BCUT2D eigenvalue weighted by Crippen LogP contribution is -2.10. The van der Waals surface area contributed by atoms with Crippen molar-refractivity contribution in [2.24, 2.45) is 0 Å². The molecule has 0 heterocycles. The summed E-state index contributed by atoms with van der Waals surface area (Å²) in [6.45, 7) is 4.25. The molecule has 0 saturated carbocycles. The van der Waals surface area contributed by atoms with Gasteiger partial charge in [-0.3, -0.25) is 0 Å². The average Bonchev–Trinajstić information content (AvgIpc) is 2.87. The van der Waals surface area contributed by atoms with Gasteiger partial charge in [-0.1, -0.05) is 102 Å². The Morgan fingerprint density at radius 3 is 1.36 bits per heavy atom. The largest absolute Gasteiger partial charge is 0.310 e. The number of anilines is 3. The fourth-order valence-corrected chi connectivity index (χ4v) is 4.15. The van der Waals surface area contributed by atoms with Gasteiger partial charge < -0.3 is 4.90 Å². The normalized spacial score (nSPS) is 10.7. The summed E-state index contributed by atoms with van der Waals surface area (Å²) in [7, 11) is 0. The summed E-state index contributed by atoms with van der Waals surface area (Å²) < 4.78 is 0. The van der Waals surface area contributed by atoms with E-state index in [0.29, 0.717) is 0 Å². The highest BCUT2D eigenvalue weighted by Crippen LogP contribution is 2.37. The number of hydrogen-bond acceptors (Lipinski definition) is 1. The molecule has 0 unspecified atom stereocenters. The molecule has 0 aromatic heterocycles. The molecule has 5 aromatic rings. The minimum absolute atomic E-state index is 1.15. The van der Waals surface area contributed by atoms with Gasteiger partial charge in [-0.2, -0.15) is 0 Å². The molecular weight excluding hydrogens is 398 g/mol. The van der Waals surface area contributed by atoms with Gasteiger partial charge in [-0.05, 0) is 72.5 Å². The molecule has 1 heteroatoms. The molecule has 0 bridgehead atoms. The highest BCUT2D eigenvalue weighted by molar-refractivity contribution is 5.80. The van der Waals surface area contributed by atoms with Crippen molar-refractivity contribution >= 4 is 17.1 Å². The number of rotatable bonds is 5. The maximum Gasteiger partial charge on any atom is 0.0467 e. The standard InChI is InChI=1S/C32H27N/c1-24-11-19-30(20-12-24)33(31-21-13-25(2)14-22-31)32-10-6-9-29(23-32)28-17-15-27(16-18-28)26-7-4-3-5-8-26/h3-23H,1-2H3. The highest BCUT2D eigenvalue weighted by Gasteiger charge is 2.13. The van der Waals surface area contributed by atoms with Crippen LogP contribution in [0.4, 0.5) is 17.1 Å². The fraction of sp³-hybridized carbons (Fsp3) is 0.0625. The maximum absolute atomic E-state index is 2.32. The number of hydrogen-bond donors (Lipinski definition) is 0. The lowest BCUT2D eigenvalue weighted by Gasteiger charge is -2.26. The third-order valence-corrected chi connectivity index (χ3v) is 6.01. The van der Waals surface area contributed by atoms with Crippen molar-refractivity contribution in [2.45, 2.75) is 13.8 Å². The van der Waals surface area contributed by atoms with E-state index in [-0.39, 0.29) is 0 Å². The van der Waals surface area contributed by atoms with E-state index in [1.807, 2.05) is 0 Å². The van der Waals surface area contributed by atoms with Gasteiger partial charge in [0.2, 0.25) is 0 Å². The van der Waals surface area contributed by atoms with E-state index in [2.05, 4.69) is 146 Å². The van der Waals surface area contributed by atoms with Crippen molar-refractivity contribution in [3.05, 3.63) is 139 Å². The van der Waals surface area contributed by atoms with Gasteiger partial charge in [0.25, 0.3) is 0 Å². The monoisotopic (exact) mass is 425 g/mol. The summed E-state index contributed by atoms with van der Waals surface area (Å²) in [6.07, 6.45) is 0. The molecule has 0 aliphatic carbocycles. The second-order valence-corrected chi connectivity index (χ2v) is 8.50. The zero-order valence-electron chi connectivity index (χ0n) is 19.1. The predicted octanol–water partition coefficient (Wildman–Crippen LogP) is 9.11. The van der Waals surface area contributed by atoms with Crippen LogP contribution in [0.2, 0.25) is 0 Å². The van der Waals surface area contributed by atoms with E-state index in [1.165, 1.54) is 33.4 Å². The maximum atomic E-state index is 2.32. The minimum atomic E-state index is 1.15. The van der Waals surface area contributed by atoms with Crippen LogP contribution >= 0.6 is 0 Å². The molecule has 160 valence electrons. The molecule has 0 aliphatic heterocycles. The summed E-state index contributed by atoms with van der Waals surface area (Å²) in [6, 6.07) is 45.6. The van der Waals surface area contributed by atoms with Crippen LogP contribution < -0.4 is 4.90 Å². The van der Waals surface area contributed by atoms with Crippen LogP contribution in [0.5, 0.6) is 0 Å². The van der Waals surface area contributed by atoms with Crippen molar-refractivity contribution in [1.29, 1.82) is 0 Å². The molecule has 33 heavy (non-hydrogen) atoms. The van der Waals surface area contributed by atoms with Crippen molar-refractivity contribution in [1.82, 2.24) is 0 Å². The molecule has 0 spiro atoms. The lowest BCUT2D eigenvalue weighted by atomic mass is 10.00. The van der Waals surface area contributed by atoms with Gasteiger partial charge in [-0.15, -0.1) is 0 Å². The second-order valence-electron chi connectivity index (χ2n) is 8.50. The molecular formula is C32H27N. The zero-order chi connectivity index (χ0) is 22.6. The smallest absolute Gasteiger partial charge is 0.0467 e. The third-order valence-electron chi connectivity index (χ3n) is 6.01. The Labute approximate surface area is 196 Å². The van der Waals surface area contributed by atoms with Crippen molar-refractivity contribution in [3.63, 3.8) is 0 Å². The molecule has 0 saturated heterocycles. The Hall–Kier alpha value is -4.10. The van der Waals surface area contributed by atoms with Crippen molar-refractivity contribution in [2.75, 3.05) is 4.90 Å². The van der Waals surface area contributed by atoms with E-state index in [1.54, 1.807) is 0 Å². The first-order valence-electron chi connectivity index (χ1n) is 11.4. The molecule has 0 aliphatic rings. The summed E-state index contributed by atoms with van der Waals surface area (Å²) >= 11 is 0. The number of benzene rings is 5. The van der Waals surface area contributed by atoms with Gasteiger partial charge >= 0.3 is 0 Å².